The first kappa shape index (κ1) is 22.4. The van der Waals surface area contributed by atoms with Crippen LogP contribution in [0.2, 0.25) is 0 Å². The van der Waals surface area contributed by atoms with Gasteiger partial charge in [0, 0.05) is 32.2 Å². The molecule has 154 valence electrons. The monoisotopic (exact) mass is 492 g/mol. The first-order chi connectivity index (χ1) is 12.7. The van der Waals surface area contributed by atoms with E-state index in [4.69, 9.17) is 9.73 Å². The van der Waals surface area contributed by atoms with Crippen LogP contribution in [0.5, 0.6) is 0 Å². The lowest BCUT2D eigenvalue weighted by molar-refractivity contribution is 0.117. The fraction of sp³-hybridized carbons (Fsp3) is 0.833. The molecule has 1 unspecified atom stereocenters. The predicted molar refractivity (Wildman–Crippen MR) is 115 cm³/mol. The van der Waals surface area contributed by atoms with E-state index in [0.29, 0.717) is 12.6 Å². The van der Waals surface area contributed by atoms with Crippen LogP contribution >= 0.6 is 24.0 Å². The minimum atomic E-state index is -0.144. The van der Waals surface area contributed by atoms with Crippen LogP contribution in [0, 0.1) is 0 Å². The number of guanidine groups is 1. The van der Waals surface area contributed by atoms with Crippen molar-refractivity contribution in [3.8, 4) is 0 Å². The number of aryl methyl sites for hydroxylation is 1. The van der Waals surface area contributed by atoms with E-state index in [9.17, 15) is 5.11 Å². The van der Waals surface area contributed by atoms with Crippen molar-refractivity contribution in [3.63, 3.8) is 0 Å². The summed E-state index contributed by atoms with van der Waals surface area (Å²) >= 11 is 0. The average Bonchev–Trinajstić information content (AvgIpc) is 3.32. The number of rotatable bonds is 7. The summed E-state index contributed by atoms with van der Waals surface area (Å²) in [7, 11) is 0. The molecule has 1 saturated carbocycles. The van der Waals surface area contributed by atoms with E-state index in [1.165, 1.54) is 0 Å². The van der Waals surface area contributed by atoms with Gasteiger partial charge in [-0.15, -0.1) is 34.2 Å². The van der Waals surface area contributed by atoms with Crippen molar-refractivity contribution in [1.82, 2.24) is 25.4 Å². The van der Waals surface area contributed by atoms with Gasteiger partial charge in [-0.3, -0.25) is 4.99 Å². The maximum atomic E-state index is 9.70. The van der Waals surface area contributed by atoms with Crippen molar-refractivity contribution in [2.45, 2.75) is 76.7 Å². The third-order valence-corrected chi connectivity index (χ3v) is 5.17. The molecular weight excluding hydrogens is 459 g/mol. The smallest absolute Gasteiger partial charge is 0.191 e. The summed E-state index contributed by atoms with van der Waals surface area (Å²) < 4.78 is 7.76. The lowest BCUT2D eigenvalue weighted by Gasteiger charge is -2.28. The summed E-state index contributed by atoms with van der Waals surface area (Å²) in [5, 5.41) is 24.8. The van der Waals surface area contributed by atoms with E-state index >= 15 is 0 Å². The summed E-state index contributed by atoms with van der Waals surface area (Å²) in [6.45, 7) is 5.20. The van der Waals surface area contributed by atoms with Crippen LogP contribution in [0.4, 0.5) is 0 Å². The zero-order chi connectivity index (χ0) is 18.2. The van der Waals surface area contributed by atoms with E-state index < -0.39 is 0 Å². The second-order valence-electron chi connectivity index (χ2n) is 7.19. The third kappa shape index (κ3) is 7.19. The molecular formula is C18H33IN6O2. The Kier molecular flexibility index (Phi) is 9.77. The predicted octanol–water partition coefficient (Wildman–Crippen LogP) is 1.48. The van der Waals surface area contributed by atoms with Gasteiger partial charge in [0.25, 0.3) is 0 Å². The molecule has 1 aromatic heterocycles. The molecule has 0 amide bonds. The van der Waals surface area contributed by atoms with Crippen molar-refractivity contribution in [1.29, 1.82) is 0 Å². The molecule has 2 aliphatic rings. The molecule has 1 aliphatic heterocycles. The molecule has 0 radical (unpaired) electrons. The molecule has 9 heteroatoms. The molecule has 1 aliphatic carbocycles. The molecule has 1 aromatic rings. The van der Waals surface area contributed by atoms with Gasteiger partial charge in [0.1, 0.15) is 12.2 Å². The lowest BCUT2D eigenvalue weighted by Crippen LogP contribution is -2.46. The SMILES string of the molecule is CCc1nncn1CCNC(=NCC1CCCO1)NC1CCC(O)CC1.I. The van der Waals surface area contributed by atoms with E-state index in [1.54, 1.807) is 6.33 Å². The molecule has 2 fully saturated rings. The Hall–Kier alpha value is -0.940. The van der Waals surface area contributed by atoms with Crippen LogP contribution in [-0.4, -0.2) is 63.8 Å². The van der Waals surface area contributed by atoms with Crippen LogP contribution in [0.15, 0.2) is 11.3 Å². The van der Waals surface area contributed by atoms with Crippen LogP contribution in [-0.2, 0) is 17.7 Å². The van der Waals surface area contributed by atoms with E-state index in [1.807, 2.05) is 0 Å². The fourth-order valence-corrected chi connectivity index (χ4v) is 3.58. The second-order valence-corrected chi connectivity index (χ2v) is 7.19. The summed E-state index contributed by atoms with van der Waals surface area (Å²) in [6, 6.07) is 0.371. The lowest BCUT2D eigenvalue weighted by atomic mass is 9.93. The van der Waals surface area contributed by atoms with Gasteiger partial charge < -0.3 is 25.0 Å². The second kappa shape index (κ2) is 11.8. The number of hydrogen-bond acceptors (Lipinski definition) is 5. The number of aliphatic hydroxyl groups excluding tert-OH is 1. The molecule has 0 spiro atoms. The van der Waals surface area contributed by atoms with Gasteiger partial charge in [0.15, 0.2) is 5.96 Å². The molecule has 27 heavy (non-hydrogen) atoms. The zero-order valence-corrected chi connectivity index (χ0v) is 18.5. The Morgan fingerprint density at radius 3 is 2.85 bits per heavy atom. The highest BCUT2D eigenvalue weighted by atomic mass is 127. The topological polar surface area (TPSA) is 96.6 Å². The number of aromatic nitrogens is 3. The summed E-state index contributed by atoms with van der Waals surface area (Å²) in [4.78, 5) is 4.75. The van der Waals surface area contributed by atoms with Crippen molar-refractivity contribution in [2.75, 3.05) is 19.7 Å². The highest BCUT2D eigenvalue weighted by Crippen LogP contribution is 2.18. The Balaban J connectivity index is 0.00000261. The first-order valence-corrected chi connectivity index (χ1v) is 9.95. The van der Waals surface area contributed by atoms with Crippen molar-refractivity contribution in [2.24, 2.45) is 4.99 Å². The number of hydrogen-bond donors (Lipinski definition) is 3. The summed E-state index contributed by atoms with van der Waals surface area (Å²) in [5.74, 6) is 1.84. The van der Waals surface area contributed by atoms with Crippen molar-refractivity contribution < 1.29 is 9.84 Å². The number of aliphatic hydroxyl groups is 1. The number of ether oxygens (including phenoxy) is 1. The van der Waals surface area contributed by atoms with Gasteiger partial charge in [-0.25, -0.2) is 0 Å². The largest absolute Gasteiger partial charge is 0.393 e. The normalized spacial score (nSPS) is 25.9. The zero-order valence-electron chi connectivity index (χ0n) is 16.1. The minimum Gasteiger partial charge on any atom is -0.393 e. The maximum absolute atomic E-state index is 9.70. The number of nitrogens with zero attached hydrogens (tertiary/aromatic N) is 4. The van der Waals surface area contributed by atoms with Gasteiger partial charge in [-0.2, -0.15) is 0 Å². The molecule has 0 bridgehead atoms. The first-order valence-electron chi connectivity index (χ1n) is 9.95. The van der Waals surface area contributed by atoms with Gasteiger partial charge in [0.05, 0.1) is 18.8 Å². The molecule has 3 N–H and O–H groups in total. The average molecular weight is 492 g/mol. The number of halogens is 1. The van der Waals surface area contributed by atoms with Gasteiger partial charge in [0.2, 0.25) is 0 Å². The molecule has 1 atom stereocenters. The summed E-state index contributed by atoms with van der Waals surface area (Å²) in [5.41, 5.74) is 0. The van der Waals surface area contributed by atoms with Crippen LogP contribution < -0.4 is 10.6 Å². The Labute approximate surface area is 178 Å². The van der Waals surface area contributed by atoms with E-state index in [2.05, 4.69) is 32.3 Å². The fourth-order valence-electron chi connectivity index (χ4n) is 3.58. The Morgan fingerprint density at radius 2 is 2.15 bits per heavy atom. The Morgan fingerprint density at radius 1 is 1.33 bits per heavy atom. The highest BCUT2D eigenvalue weighted by molar-refractivity contribution is 14.0. The van der Waals surface area contributed by atoms with Crippen LogP contribution in [0.25, 0.3) is 0 Å². The van der Waals surface area contributed by atoms with E-state index in [-0.39, 0.29) is 36.2 Å². The quantitative estimate of drug-likeness (QED) is 0.303. The number of aliphatic imine (C=N–C) groups is 1. The van der Waals surface area contributed by atoms with Gasteiger partial charge >= 0.3 is 0 Å². The van der Waals surface area contributed by atoms with Crippen molar-refractivity contribution in [3.05, 3.63) is 12.2 Å². The molecule has 0 aromatic carbocycles. The third-order valence-electron chi connectivity index (χ3n) is 5.17. The van der Waals surface area contributed by atoms with Gasteiger partial charge in [-0.1, -0.05) is 6.92 Å². The van der Waals surface area contributed by atoms with Crippen LogP contribution in [0.1, 0.15) is 51.3 Å². The van der Waals surface area contributed by atoms with Crippen molar-refractivity contribution >= 4 is 29.9 Å². The molecule has 3 rings (SSSR count). The summed E-state index contributed by atoms with van der Waals surface area (Å²) in [6.07, 6.45) is 8.65. The minimum absolute atomic E-state index is 0. The number of nitrogens with one attached hydrogen (secondary N) is 2. The molecule has 1 saturated heterocycles. The van der Waals surface area contributed by atoms with E-state index in [0.717, 1.165) is 76.4 Å². The standard InChI is InChI=1S/C18H32N6O2.HI/c1-2-17-23-21-13-24(17)10-9-19-18(20-12-16-4-3-11-26-16)22-14-5-7-15(25)8-6-14;/h13-16,25H,2-12H2,1H3,(H2,19,20,22);1H. The molecule has 2 heterocycles. The highest BCUT2D eigenvalue weighted by Gasteiger charge is 2.21. The Bertz CT molecular complexity index is 568. The van der Waals surface area contributed by atoms with Gasteiger partial charge in [-0.05, 0) is 38.5 Å². The van der Waals surface area contributed by atoms with Crippen LogP contribution in [0.3, 0.4) is 0 Å². The maximum Gasteiger partial charge on any atom is 0.191 e. The molecule has 8 nitrogen and oxygen atoms in total.